The van der Waals surface area contributed by atoms with Gasteiger partial charge >= 0.3 is 0 Å². The predicted octanol–water partition coefficient (Wildman–Crippen LogP) is 2.46. The number of para-hydroxylation sites is 2. The van der Waals surface area contributed by atoms with Crippen LogP contribution < -0.4 is 10.9 Å². The first-order chi connectivity index (χ1) is 16.6. The van der Waals surface area contributed by atoms with E-state index in [4.69, 9.17) is 0 Å². The number of hydrogen-bond acceptors (Lipinski definition) is 5. The van der Waals surface area contributed by atoms with Crippen LogP contribution in [0.3, 0.4) is 0 Å². The number of benzene rings is 2. The second-order valence-electron chi connectivity index (χ2n) is 8.32. The van der Waals surface area contributed by atoms with E-state index in [2.05, 4.69) is 15.4 Å². The summed E-state index contributed by atoms with van der Waals surface area (Å²) in [7, 11) is 0. The van der Waals surface area contributed by atoms with E-state index in [0.29, 0.717) is 37.0 Å². The standard InChI is InChI=1S/C25H24N6O3/c32-22(29-13-11-18(12-14-29)24(33)28-19-7-3-1-4-8-19)16-30-17-26-23-21(25(30)34)15-27-31(23)20-9-5-2-6-10-20/h1-10,15,17-18H,11-14,16H2,(H,28,33). The van der Waals surface area contributed by atoms with Gasteiger partial charge < -0.3 is 10.2 Å². The zero-order chi connectivity index (χ0) is 23.5. The number of rotatable bonds is 5. The van der Waals surface area contributed by atoms with Gasteiger partial charge in [0, 0.05) is 24.7 Å². The Bertz CT molecular complexity index is 1370. The number of hydrogen-bond donors (Lipinski definition) is 1. The van der Waals surface area contributed by atoms with Gasteiger partial charge in [-0.3, -0.25) is 19.0 Å². The largest absolute Gasteiger partial charge is 0.341 e. The lowest BCUT2D eigenvalue weighted by atomic mass is 9.95. The highest BCUT2D eigenvalue weighted by molar-refractivity contribution is 5.92. The number of carbonyl (C=O) groups excluding carboxylic acids is 2. The molecule has 2 amide bonds. The van der Waals surface area contributed by atoms with E-state index in [-0.39, 0.29) is 29.8 Å². The van der Waals surface area contributed by atoms with Crippen LogP contribution >= 0.6 is 0 Å². The summed E-state index contributed by atoms with van der Waals surface area (Å²) in [5.41, 5.74) is 1.71. The van der Waals surface area contributed by atoms with Gasteiger partial charge in [-0.25, -0.2) is 9.67 Å². The number of likely N-dealkylation sites (tertiary alicyclic amines) is 1. The van der Waals surface area contributed by atoms with Crippen molar-refractivity contribution in [3.05, 3.63) is 83.5 Å². The van der Waals surface area contributed by atoms with Gasteiger partial charge in [0.2, 0.25) is 11.8 Å². The molecule has 5 rings (SSSR count). The Kier molecular flexibility index (Phi) is 5.90. The molecule has 172 valence electrons. The van der Waals surface area contributed by atoms with Gasteiger partial charge in [0.05, 0.1) is 11.9 Å². The minimum atomic E-state index is -0.308. The molecule has 1 aliphatic rings. The third kappa shape index (κ3) is 4.32. The van der Waals surface area contributed by atoms with Crippen molar-refractivity contribution in [2.24, 2.45) is 5.92 Å². The smallest absolute Gasteiger partial charge is 0.264 e. The predicted molar refractivity (Wildman–Crippen MR) is 128 cm³/mol. The molecular formula is C25H24N6O3. The Morgan fingerprint density at radius 1 is 0.971 bits per heavy atom. The molecule has 2 aromatic carbocycles. The van der Waals surface area contributed by atoms with Crippen LogP contribution in [0.15, 0.2) is 78.0 Å². The number of piperidine rings is 1. The molecule has 0 saturated carbocycles. The summed E-state index contributed by atoms with van der Waals surface area (Å²) in [5.74, 6) is -0.339. The van der Waals surface area contributed by atoms with Gasteiger partial charge in [0.15, 0.2) is 5.65 Å². The maximum Gasteiger partial charge on any atom is 0.264 e. The summed E-state index contributed by atoms with van der Waals surface area (Å²) in [6, 6.07) is 18.8. The number of amides is 2. The Morgan fingerprint density at radius 3 is 2.35 bits per heavy atom. The van der Waals surface area contributed by atoms with Crippen LogP contribution in [0.4, 0.5) is 5.69 Å². The Balaban J connectivity index is 1.23. The van der Waals surface area contributed by atoms with E-state index in [0.717, 1.165) is 11.4 Å². The van der Waals surface area contributed by atoms with Crippen LogP contribution in [-0.2, 0) is 16.1 Å². The summed E-state index contributed by atoms with van der Waals surface area (Å²) in [4.78, 5) is 44.4. The fourth-order valence-electron chi connectivity index (χ4n) is 4.22. The van der Waals surface area contributed by atoms with Crippen LogP contribution in [-0.4, -0.2) is 49.1 Å². The lowest BCUT2D eigenvalue weighted by Gasteiger charge is -2.31. The van der Waals surface area contributed by atoms with Crippen LogP contribution in [0.2, 0.25) is 0 Å². The van der Waals surface area contributed by atoms with Crippen molar-refractivity contribution in [2.75, 3.05) is 18.4 Å². The molecule has 9 nitrogen and oxygen atoms in total. The maximum absolute atomic E-state index is 13.0. The molecule has 9 heteroatoms. The molecule has 0 radical (unpaired) electrons. The summed E-state index contributed by atoms with van der Waals surface area (Å²) in [6.07, 6.45) is 4.04. The molecule has 0 aliphatic carbocycles. The van der Waals surface area contributed by atoms with Crippen LogP contribution in [0, 0.1) is 5.92 Å². The SMILES string of the molecule is O=C(Nc1ccccc1)C1CCN(C(=O)Cn2cnc3c(cnn3-c3ccccc3)c2=O)CC1. The molecule has 1 saturated heterocycles. The second kappa shape index (κ2) is 9.30. The number of anilines is 1. The van der Waals surface area contributed by atoms with E-state index in [1.165, 1.54) is 17.1 Å². The van der Waals surface area contributed by atoms with Gasteiger partial charge in [0.25, 0.3) is 5.56 Å². The third-order valence-corrected chi connectivity index (χ3v) is 6.12. The van der Waals surface area contributed by atoms with E-state index < -0.39 is 0 Å². The van der Waals surface area contributed by atoms with Crippen molar-refractivity contribution in [1.29, 1.82) is 0 Å². The molecule has 1 aliphatic heterocycles. The number of carbonyl (C=O) groups is 2. The van der Waals surface area contributed by atoms with Gasteiger partial charge in [-0.15, -0.1) is 0 Å². The quantitative estimate of drug-likeness (QED) is 0.497. The van der Waals surface area contributed by atoms with Crippen LogP contribution in [0.1, 0.15) is 12.8 Å². The highest BCUT2D eigenvalue weighted by Gasteiger charge is 2.27. The minimum absolute atomic E-state index is 0.0281. The molecule has 3 heterocycles. The maximum atomic E-state index is 13.0. The van der Waals surface area contributed by atoms with Gasteiger partial charge in [-0.2, -0.15) is 5.10 Å². The van der Waals surface area contributed by atoms with E-state index in [1.54, 1.807) is 9.58 Å². The average Bonchev–Trinajstić information content (AvgIpc) is 3.32. The molecule has 1 N–H and O–H groups in total. The van der Waals surface area contributed by atoms with Crippen molar-refractivity contribution in [2.45, 2.75) is 19.4 Å². The van der Waals surface area contributed by atoms with Gasteiger partial charge in [-0.05, 0) is 37.1 Å². The lowest BCUT2D eigenvalue weighted by Crippen LogP contribution is -2.43. The summed E-state index contributed by atoms with van der Waals surface area (Å²) in [6.45, 7) is 0.851. The van der Waals surface area contributed by atoms with Gasteiger partial charge in [-0.1, -0.05) is 36.4 Å². The molecular weight excluding hydrogens is 432 g/mol. The fraction of sp³-hybridized carbons (Fsp3) is 0.240. The number of nitrogens with zero attached hydrogens (tertiary/aromatic N) is 5. The summed E-state index contributed by atoms with van der Waals surface area (Å²) in [5, 5.41) is 7.59. The van der Waals surface area contributed by atoms with Crippen molar-refractivity contribution in [3.8, 4) is 5.69 Å². The number of nitrogens with one attached hydrogen (secondary N) is 1. The Labute approximate surface area is 195 Å². The van der Waals surface area contributed by atoms with Crippen LogP contribution in [0.5, 0.6) is 0 Å². The number of aromatic nitrogens is 4. The zero-order valence-corrected chi connectivity index (χ0v) is 18.5. The molecule has 0 bridgehead atoms. The molecule has 2 aromatic heterocycles. The molecule has 0 spiro atoms. The Morgan fingerprint density at radius 2 is 1.65 bits per heavy atom. The van der Waals surface area contributed by atoms with Gasteiger partial charge in [0.1, 0.15) is 18.3 Å². The monoisotopic (exact) mass is 456 g/mol. The number of fused-ring (bicyclic) bond motifs is 1. The fourth-order valence-corrected chi connectivity index (χ4v) is 4.22. The molecule has 0 unspecified atom stereocenters. The first-order valence-corrected chi connectivity index (χ1v) is 11.2. The Hall–Kier alpha value is -4.27. The molecule has 34 heavy (non-hydrogen) atoms. The van der Waals surface area contributed by atoms with Crippen molar-refractivity contribution < 1.29 is 9.59 Å². The van der Waals surface area contributed by atoms with Crippen molar-refractivity contribution in [1.82, 2.24) is 24.2 Å². The topological polar surface area (TPSA) is 102 Å². The van der Waals surface area contributed by atoms with E-state index >= 15 is 0 Å². The lowest BCUT2D eigenvalue weighted by molar-refractivity contribution is -0.135. The normalized spacial score (nSPS) is 14.3. The van der Waals surface area contributed by atoms with Crippen molar-refractivity contribution in [3.63, 3.8) is 0 Å². The summed E-state index contributed by atoms with van der Waals surface area (Å²) < 4.78 is 2.92. The van der Waals surface area contributed by atoms with E-state index in [9.17, 15) is 14.4 Å². The van der Waals surface area contributed by atoms with Crippen molar-refractivity contribution >= 4 is 28.5 Å². The minimum Gasteiger partial charge on any atom is -0.341 e. The first kappa shape index (κ1) is 21.6. The summed E-state index contributed by atoms with van der Waals surface area (Å²) >= 11 is 0. The first-order valence-electron chi connectivity index (χ1n) is 11.2. The molecule has 0 atom stereocenters. The second-order valence-corrected chi connectivity index (χ2v) is 8.32. The highest BCUT2D eigenvalue weighted by atomic mass is 16.2. The molecule has 4 aromatic rings. The third-order valence-electron chi connectivity index (χ3n) is 6.12. The zero-order valence-electron chi connectivity index (χ0n) is 18.5. The average molecular weight is 457 g/mol. The van der Waals surface area contributed by atoms with Crippen LogP contribution in [0.25, 0.3) is 16.7 Å². The van der Waals surface area contributed by atoms with E-state index in [1.807, 2.05) is 60.7 Å². The molecule has 1 fully saturated rings. The highest BCUT2D eigenvalue weighted by Crippen LogP contribution is 2.20.